The first kappa shape index (κ1) is 16.3. The molecule has 134 valence electrons. The third-order valence-corrected chi connectivity index (χ3v) is 4.93. The third-order valence-electron chi connectivity index (χ3n) is 4.93. The first-order valence-electron chi connectivity index (χ1n) is 8.57. The predicted molar refractivity (Wildman–Crippen MR) is 88.4 cm³/mol. The smallest absolute Gasteiger partial charge is 0.265 e. The Kier molecular flexibility index (Phi) is 4.09. The van der Waals surface area contributed by atoms with Gasteiger partial charge in [-0.05, 0) is 26.2 Å². The number of hydrogen-bond acceptors (Lipinski definition) is 6. The van der Waals surface area contributed by atoms with E-state index in [1.165, 1.54) is 10.9 Å². The lowest BCUT2D eigenvalue weighted by Crippen LogP contribution is -2.50. The highest BCUT2D eigenvalue weighted by atomic mass is 16.7. The Labute approximate surface area is 144 Å². The summed E-state index contributed by atoms with van der Waals surface area (Å²) in [5, 5.41) is 0.241. The van der Waals surface area contributed by atoms with Crippen LogP contribution >= 0.6 is 0 Å². The Morgan fingerprint density at radius 1 is 1.28 bits per heavy atom. The van der Waals surface area contributed by atoms with E-state index in [0.29, 0.717) is 31.1 Å². The van der Waals surface area contributed by atoms with Crippen molar-refractivity contribution in [1.82, 2.24) is 14.5 Å². The predicted octanol–water partition coefficient (Wildman–Crippen LogP) is 1.20. The average molecular weight is 347 g/mol. The molecule has 0 bridgehead atoms. The van der Waals surface area contributed by atoms with Crippen LogP contribution in [0.15, 0.2) is 15.5 Å². The zero-order valence-electron chi connectivity index (χ0n) is 14.4. The van der Waals surface area contributed by atoms with Crippen molar-refractivity contribution in [3.8, 4) is 0 Å². The molecule has 0 aliphatic carbocycles. The number of hydrogen-bond donors (Lipinski definition) is 0. The molecule has 2 aromatic heterocycles. The standard InChI is InChI=1S/C17H21N3O5/c1-10-12(13-14(25-10)18-9-19(2)15(13)21)16(22)20-6-4-3-5-11(20)17-23-7-8-24-17/h9,11,17H,3-8H2,1-2H3. The van der Waals surface area contributed by atoms with E-state index in [9.17, 15) is 9.59 Å². The van der Waals surface area contributed by atoms with Gasteiger partial charge in [0.15, 0.2) is 6.29 Å². The molecule has 2 fully saturated rings. The monoisotopic (exact) mass is 347 g/mol. The molecule has 0 saturated carbocycles. The van der Waals surface area contributed by atoms with Gasteiger partial charge in [0.2, 0.25) is 5.71 Å². The fraction of sp³-hybridized carbons (Fsp3) is 0.588. The highest BCUT2D eigenvalue weighted by Gasteiger charge is 2.38. The number of fused-ring (bicyclic) bond motifs is 1. The number of carbonyl (C=O) groups is 1. The van der Waals surface area contributed by atoms with E-state index < -0.39 is 6.29 Å². The summed E-state index contributed by atoms with van der Waals surface area (Å²) in [6.07, 6.45) is 3.75. The van der Waals surface area contributed by atoms with Gasteiger partial charge in [-0.3, -0.25) is 9.59 Å². The van der Waals surface area contributed by atoms with Gasteiger partial charge in [-0.2, -0.15) is 0 Å². The summed E-state index contributed by atoms with van der Waals surface area (Å²) in [4.78, 5) is 31.7. The van der Waals surface area contributed by atoms with Crippen molar-refractivity contribution in [2.24, 2.45) is 7.05 Å². The van der Waals surface area contributed by atoms with Crippen molar-refractivity contribution < 1.29 is 18.7 Å². The van der Waals surface area contributed by atoms with E-state index in [1.54, 1.807) is 18.9 Å². The number of aryl methyl sites for hydroxylation is 2. The largest absolute Gasteiger partial charge is 0.442 e. The molecule has 2 aliphatic heterocycles. The van der Waals surface area contributed by atoms with Crippen molar-refractivity contribution in [3.05, 3.63) is 28.0 Å². The van der Waals surface area contributed by atoms with Crippen molar-refractivity contribution in [1.29, 1.82) is 0 Å². The van der Waals surface area contributed by atoms with Gasteiger partial charge < -0.3 is 23.4 Å². The normalized spacial score (nSPS) is 22.0. The van der Waals surface area contributed by atoms with Gasteiger partial charge in [0.05, 0.1) is 24.8 Å². The molecule has 25 heavy (non-hydrogen) atoms. The lowest BCUT2D eigenvalue weighted by Gasteiger charge is -2.37. The lowest BCUT2D eigenvalue weighted by molar-refractivity contribution is -0.100. The van der Waals surface area contributed by atoms with E-state index in [-0.39, 0.29) is 28.6 Å². The Morgan fingerprint density at radius 3 is 2.80 bits per heavy atom. The van der Waals surface area contributed by atoms with Crippen LogP contribution in [0, 0.1) is 6.92 Å². The van der Waals surface area contributed by atoms with Crippen LogP contribution in [0.25, 0.3) is 11.1 Å². The summed E-state index contributed by atoms with van der Waals surface area (Å²) in [5.41, 5.74) is 0.214. The number of furan rings is 1. The number of ether oxygens (including phenoxy) is 2. The first-order valence-corrected chi connectivity index (χ1v) is 8.57. The van der Waals surface area contributed by atoms with Gasteiger partial charge >= 0.3 is 0 Å². The first-order chi connectivity index (χ1) is 12.1. The van der Waals surface area contributed by atoms with Crippen molar-refractivity contribution in [2.45, 2.75) is 38.5 Å². The van der Waals surface area contributed by atoms with E-state index in [1.807, 2.05) is 0 Å². The highest BCUT2D eigenvalue weighted by molar-refractivity contribution is 6.06. The molecule has 0 N–H and O–H groups in total. The molecule has 8 nitrogen and oxygen atoms in total. The molecule has 0 radical (unpaired) electrons. The summed E-state index contributed by atoms with van der Waals surface area (Å²) in [6.45, 7) is 3.39. The SMILES string of the molecule is Cc1oc2ncn(C)c(=O)c2c1C(=O)N1CCCCC1C1OCCO1. The Hall–Kier alpha value is -2.19. The topological polar surface area (TPSA) is 86.8 Å². The van der Waals surface area contributed by atoms with Crippen LogP contribution in [0.5, 0.6) is 0 Å². The second kappa shape index (κ2) is 6.27. The van der Waals surface area contributed by atoms with Gasteiger partial charge in [-0.1, -0.05) is 0 Å². The molecular formula is C17H21N3O5. The highest BCUT2D eigenvalue weighted by Crippen LogP contribution is 2.29. The third kappa shape index (κ3) is 2.65. The number of aromatic nitrogens is 2. The van der Waals surface area contributed by atoms with Gasteiger partial charge in [-0.25, -0.2) is 4.98 Å². The zero-order chi connectivity index (χ0) is 17.6. The number of piperidine rings is 1. The Bertz CT molecular complexity index is 865. The number of nitrogens with zero attached hydrogens (tertiary/aromatic N) is 3. The summed E-state index contributed by atoms with van der Waals surface area (Å²) < 4.78 is 18.2. The second-order valence-electron chi connectivity index (χ2n) is 6.55. The van der Waals surface area contributed by atoms with Gasteiger partial charge in [-0.15, -0.1) is 0 Å². The molecule has 4 heterocycles. The molecule has 4 rings (SSSR count). The molecule has 2 aliphatic rings. The minimum atomic E-state index is -0.399. The second-order valence-corrected chi connectivity index (χ2v) is 6.55. The van der Waals surface area contributed by atoms with Crippen molar-refractivity contribution in [2.75, 3.05) is 19.8 Å². The van der Waals surface area contributed by atoms with Crippen LogP contribution < -0.4 is 5.56 Å². The molecule has 0 aromatic carbocycles. The number of amides is 1. The van der Waals surface area contributed by atoms with Crippen molar-refractivity contribution in [3.63, 3.8) is 0 Å². The minimum absolute atomic E-state index is 0.145. The van der Waals surface area contributed by atoms with Crippen LogP contribution in [-0.2, 0) is 16.5 Å². The van der Waals surface area contributed by atoms with Crippen LogP contribution in [0.3, 0.4) is 0 Å². The van der Waals surface area contributed by atoms with Gasteiger partial charge in [0.25, 0.3) is 11.5 Å². The Balaban J connectivity index is 1.77. The molecule has 1 atom stereocenters. The maximum absolute atomic E-state index is 13.3. The minimum Gasteiger partial charge on any atom is -0.442 e. The molecule has 2 saturated heterocycles. The number of likely N-dealkylation sites (tertiary alicyclic amines) is 1. The fourth-order valence-electron chi connectivity index (χ4n) is 3.68. The van der Waals surface area contributed by atoms with Crippen LogP contribution in [0.2, 0.25) is 0 Å². The maximum atomic E-state index is 13.3. The molecule has 1 unspecified atom stereocenters. The summed E-state index contributed by atoms with van der Waals surface area (Å²) in [6, 6.07) is -0.145. The average Bonchev–Trinajstić information content (AvgIpc) is 3.25. The molecular weight excluding hydrogens is 326 g/mol. The van der Waals surface area contributed by atoms with Crippen LogP contribution in [0.4, 0.5) is 0 Å². The molecule has 1 amide bonds. The van der Waals surface area contributed by atoms with E-state index in [4.69, 9.17) is 13.9 Å². The van der Waals surface area contributed by atoms with Gasteiger partial charge in [0, 0.05) is 13.6 Å². The molecule has 2 aromatic rings. The van der Waals surface area contributed by atoms with Crippen LogP contribution in [-0.4, -0.2) is 52.4 Å². The maximum Gasteiger partial charge on any atom is 0.265 e. The molecule has 0 spiro atoms. The molecule has 8 heteroatoms. The van der Waals surface area contributed by atoms with E-state index in [2.05, 4.69) is 4.98 Å². The van der Waals surface area contributed by atoms with E-state index >= 15 is 0 Å². The Morgan fingerprint density at radius 2 is 2.04 bits per heavy atom. The van der Waals surface area contributed by atoms with Crippen LogP contribution in [0.1, 0.15) is 35.4 Å². The van der Waals surface area contributed by atoms with E-state index in [0.717, 1.165) is 19.3 Å². The lowest BCUT2D eigenvalue weighted by atomic mass is 9.99. The summed E-state index contributed by atoms with van der Waals surface area (Å²) in [7, 11) is 1.61. The number of rotatable bonds is 2. The van der Waals surface area contributed by atoms with Gasteiger partial charge in [0.1, 0.15) is 17.5 Å². The fourth-order valence-corrected chi connectivity index (χ4v) is 3.68. The quantitative estimate of drug-likeness (QED) is 0.811. The summed E-state index contributed by atoms with van der Waals surface area (Å²) >= 11 is 0. The number of carbonyl (C=O) groups excluding carboxylic acids is 1. The summed E-state index contributed by atoms with van der Waals surface area (Å²) in [5.74, 6) is 0.193. The zero-order valence-corrected chi connectivity index (χ0v) is 14.4. The van der Waals surface area contributed by atoms with Crippen molar-refractivity contribution >= 4 is 17.0 Å².